The Balaban J connectivity index is 2.91. The van der Waals surface area contributed by atoms with Crippen molar-refractivity contribution in [3.05, 3.63) is 12.5 Å². The summed E-state index contributed by atoms with van der Waals surface area (Å²) in [4.78, 5) is 3.86. The van der Waals surface area contributed by atoms with Crippen LogP contribution in [0.2, 0.25) is 0 Å². The average molecular weight is 256 g/mol. The monoisotopic (exact) mass is 256 g/mol. The van der Waals surface area contributed by atoms with Crippen LogP contribution in [-0.2, 0) is 16.6 Å². The third kappa shape index (κ3) is 3.05. The third-order valence-electron chi connectivity index (χ3n) is 2.40. The first-order valence-electron chi connectivity index (χ1n) is 5.29. The van der Waals surface area contributed by atoms with E-state index in [-0.39, 0.29) is 17.5 Å². The molecule has 0 spiro atoms. The van der Waals surface area contributed by atoms with E-state index in [1.165, 1.54) is 19.6 Å². The summed E-state index contributed by atoms with van der Waals surface area (Å²) in [5, 5.41) is 8.69. The normalized spacial score (nSPS) is 13.6. The molecule has 0 fully saturated rings. The van der Waals surface area contributed by atoms with E-state index in [1.54, 1.807) is 11.5 Å². The van der Waals surface area contributed by atoms with Gasteiger partial charge in [-0.1, -0.05) is 0 Å². The van der Waals surface area contributed by atoms with Crippen LogP contribution in [0.25, 0.3) is 0 Å². The highest BCUT2D eigenvalue weighted by molar-refractivity contribution is 7.89. The van der Waals surface area contributed by atoms with Crippen molar-refractivity contribution < 1.29 is 8.42 Å². The molecule has 1 rings (SSSR count). The quantitative estimate of drug-likeness (QED) is 0.776. The van der Waals surface area contributed by atoms with Crippen molar-refractivity contribution in [1.82, 2.24) is 13.9 Å². The number of imidazole rings is 1. The Bertz CT molecular complexity index is 515. The molecule has 17 heavy (non-hydrogen) atoms. The number of aryl methyl sites for hydroxylation is 1. The van der Waals surface area contributed by atoms with Gasteiger partial charge in [-0.2, -0.15) is 9.57 Å². The fourth-order valence-corrected chi connectivity index (χ4v) is 2.52. The van der Waals surface area contributed by atoms with Crippen LogP contribution in [-0.4, -0.2) is 35.9 Å². The van der Waals surface area contributed by atoms with Crippen LogP contribution in [0.3, 0.4) is 0 Å². The number of nitrogens with zero attached hydrogens (tertiary/aromatic N) is 4. The molecule has 94 valence electrons. The van der Waals surface area contributed by atoms with Gasteiger partial charge in [0.2, 0.25) is 0 Å². The Labute approximate surface area is 102 Å². The van der Waals surface area contributed by atoms with Gasteiger partial charge in [0.05, 0.1) is 18.3 Å². The van der Waals surface area contributed by atoms with Gasteiger partial charge >= 0.3 is 0 Å². The lowest BCUT2D eigenvalue weighted by atomic mass is 10.2. The number of nitriles is 1. The summed E-state index contributed by atoms with van der Waals surface area (Å²) >= 11 is 0. The molecule has 1 unspecified atom stereocenters. The molecule has 1 aromatic rings. The standard InChI is InChI=1S/C10H16N4O2S/c1-4-14-7-10(12-8-14)17(15,16)13(3)6-9(2)5-11/h7-9H,4,6H2,1-3H3. The van der Waals surface area contributed by atoms with Crippen LogP contribution < -0.4 is 0 Å². The molecule has 0 saturated heterocycles. The molecule has 1 heterocycles. The van der Waals surface area contributed by atoms with E-state index in [1.807, 2.05) is 13.0 Å². The van der Waals surface area contributed by atoms with E-state index < -0.39 is 10.0 Å². The number of aromatic nitrogens is 2. The molecule has 6 nitrogen and oxygen atoms in total. The smallest absolute Gasteiger partial charge is 0.261 e. The second-order valence-corrected chi connectivity index (χ2v) is 5.85. The van der Waals surface area contributed by atoms with Crippen LogP contribution >= 0.6 is 0 Å². The van der Waals surface area contributed by atoms with Gasteiger partial charge in [0.15, 0.2) is 5.03 Å². The predicted octanol–water partition coefficient (Wildman–Crippen LogP) is 0.683. The maximum Gasteiger partial charge on any atom is 0.261 e. The summed E-state index contributed by atoms with van der Waals surface area (Å²) in [6, 6.07) is 2.00. The fourth-order valence-electron chi connectivity index (χ4n) is 1.33. The van der Waals surface area contributed by atoms with Crippen molar-refractivity contribution >= 4 is 10.0 Å². The molecule has 1 aromatic heterocycles. The van der Waals surface area contributed by atoms with Crippen LogP contribution in [0.5, 0.6) is 0 Å². The minimum absolute atomic E-state index is 0.0204. The molecule has 0 N–H and O–H groups in total. The van der Waals surface area contributed by atoms with Gasteiger partial charge in [0.25, 0.3) is 10.0 Å². The largest absolute Gasteiger partial charge is 0.336 e. The zero-order valence-electron chi connectivity index (χ0n) is 10.2. The average Bonchev–Trinajstić information content (AvgIpc) is 2.77. The molecule has 0 radical (unpaired) electrons. The first-order valence-corrected chi connectivity index (χ1v) is 6.73. The van der Waals surface area contributed by atoms with E-state index >= 15 is 0 Å². The molecular formula is C10H16N4O2S. The molecule has 0 aliphatic heterocycles. The number of hydrogen-bond donors (Lipinski definition) is 0. The first-order chi connectivity index (χ1) is 7.91. The first kappa shape index (κ1) is 13.7. The third-order valence-corrected chi connectivity index (χ3v) is 4.11. The summed E-state index contributed by atoms with van der Waals surface area (Å²) in [6.07, 6.45) is 2.97. The molecule has 7 heteroatoms. The molecule has 0 aromatic carbocycles. The summed E-state index contributed by atoms with van der Waals surface area (Å²) in [6.45, 7) is 4.41. The topological polar surface area (TPSA) is 79.0 Å². The summed E-state index contributed by atoms with van der Waals surface area (Å²) in [5.41, 5.74) is 0. The molecule has 0 bridgehead atoms. The van der Waals surface area contributed by atoms with Crippen molar-refractivity contribution in [2.24, 2.45) is 5.92 Å². The van der Waals surface area contributed by atoms with Crippen LogP contribution in [0.4, 0.5) is 0 Å². The van der Waals surface area contributed by atoms with E-state index in [4.69, 9.17) is 5.26 Å². The van der Waals surface area contributed by atoms with E-state index in [9.17, 15) is 8.42 Å². The highest BCUT2D eigenvalue weighted by atomic mass is 32.2. The number of rotatable bonds is 5. The summed E-state index contributed by atoms with van der Waals surface area (Å²) < 4.78 is 27.0. The Morgan fingerprint density at radius 1 is 1.65 bits per heavy atom. The zero-order valence-corrected chi connectivity index (χ0v) is 11.0. The van der Waals surface area contributed by atoms with Crippen molar-refractivity contribution in [2.75, 3.05) is 13.6 Å². The maximum absolute atomic E-state index is 12.1. The van der Waals surface area contributed by atoms with E-state index in [2.05, 4.69) is 4.98 Å². The van der Waals surface area contributed by atoms with Gasteiger partial charge < -0.3 is 4.57 Å². The van der Waals surface area contributed by atoms with Crippen molar-refractivity contribution in [3.63, 3.8) is 0 Å². The lowest BCUT2D eigenvalue weighted by Gasteiger charge is -2.16. The van der Waals surface area contributed by atoms with Gasteiger partial charge in [-0.15, -0.1) is 0 Å². The van der Waals surface area contributed by atoms with Crippen molar-refractivity contribution in [3.8, 4) is 6.07 Å². The maximum atomic E-state index is 12.1. The predicted molar refractivity (Wildman–Crippen MR) is 62.5 cm³/mol. The van der Waals surface area contributed by atoms with Crippen LogP contribution in [0.15, 0.2) is 17.6 Å². The number of hydrogen-bond acceptors (Lipinski definition) is 4. The Morgan fingerprint density at radius 3 is 2.76 bits per heavy atom. The molecular weight excluding hydrogens is 240 g/mol. The minimum Gasteiger partial charge on any atom is -0.336 e. The molecule has 1 atom stereocenters. The van der Waals surface area contributed by atoms with Gasteiger partial charge in [-0.05, 0) is 13.8 Å². The lowest BCUT2D eigenvalue weighted by Crippen LogP contribution is -2.31. The highest BCUT2D eigenvalue weighted by Crippen LogP contribution is 2.13. The Kier molecular flexibility index (Phi) is 4.26. The molecule has 0 saturated carbocycles. The second-order valence-electron chi connectivity index (χ2n) is 3.86. The molecule has 0 aliphatic rings. The zero-order chi connectivity index (χ0) is 13.1. The van der Waals surface area contributed by atoms with Gasteiger partial charge in [0.1, 0.15) is 0 Å². The van der Waals surface area contributed by atoms with Gasteiger partial charge in [-0.25, -0.2) is 13.4 Å². The molecule has 0 aliphatic carbocycles. The summed E-state index contributed by atoms with van der Waals surface area (Å²) in [5.74, 6) is -0.344. The fraction of sp³-hybridized carbons (Fsp3) is 0.600. The highest BCUT2D eigenvalue weighted by Gasteiger charge is 2.24. The number of sulfonamides is 1. The van der Waals surface area contributed by atoms with Crippen molar-refractivity contribution in [1.29, 1.82) is 5.26 Å². The van der Waals surface area contributed by atoms with Gasteiger partial charge in [0, 0.05) is 26.3 Å². The Morgan fingerprint density at radius 2 is 2.29 bits per heavy atom. The van der Waals surface area contributed by atoms with Crippen molar-refractivity contribution in [2.45, 2.75) is 25.4 Å². The summed E-state index contributed by atoms with van der Waals surface area (Å²) in [7, 11) is -2.13. The Hall–Kier alpha value is -1.39. The van der Waals surface area contributed by atoms with E-state index in [0.717, 1.165) is 4.31 Å². The lowest BCUT2D eigenvalue weighted by molar-refractivity contribution is 0.437. The van der Waals surface area contributed by atoms with Gasteiger partial charge in [-0.3, -0.25) is 0 Å². The second kappa shape index (κ2) is 5.29. The SMILES string of the molecule is CCn1cnc(S(=O)(=O)N(C)CC(C)C#N)c1. The minimum atomic E-state index is -3.58. The van der Waals surface area contributed by atoms with Crippen LogP contribution in [0.1, 0.15) is 13.8 Å². The molecule has 0 amide bonds. The van der Waals surface area contributed by atoms with Crippen LogP contribution in [0, 0.1) is 17.2 Å². The van der Waals surface area contributed by atoms with E-state index in [0.29, 0.717) is 6.54 Å².